The molecule has 0 amide bonds. The van der Waals surface area contributed by atoms with Gasteiger partial charge in [0.15, 0.2) is 9.84 Å². The van der Waals surface area contributed by atoms with Crippen LogP contribution in [0.4, 0.5) is 0 Å². The zero-order valence-electron chi connectivity index (χ0n) is 15.8. The molecule has 5 nitrogen and oxygen atoms in total. The molecular formula is C21H28O5S. The first-order chi connectivity index (χ1) is 12.9. The lowest BCUT2D eigenvalue weighted by molar-refractivity contribution is -0.181. The van der Waals surface area contributed by atoms with E-state index in [1.165, 1.54) is 0 Å². The van der Waals surface area contributed by atoms with E-state index in [0.29, 0.717) is 17.7 Å². The molecule has 2 aliphatic heterocycles. The first-order valence-electron chi connectivity index (χ1n) is 9.46. The van der Waals surface area contributed by atoms with Crippen molar-refractivity contribution in [3.8, 4) is 0 Å². The Morgan fingerprint density at radius 1 is 1.30 bits per heavy atom. The number of ether oxygens (including phenoxy) is 2. The fraction of sp³-hybridized carbons (Fsp3) is 0.571. The van der Waals surface area contributed by atoms with E-state index in [2.05, 4.69) is 12.3 Å². The maximum Gasteiger partial charge on any atom is 0.178 e. The van der Waals surface area contributed by atoms with Crippen molar-refractivity contribution in [3.63, 3.8) is 0 Å². The van der Waals surface area contributed by atoms with Gasteiger partial charge in [-0.15, -0.1) is 5.73 Å². The van der Waals surface area contributed by atoms with Crippen LogP contribution in [0.3, 0.4) is 0 Å². The molecule has 2 saturated heterocycles. The standard InChI is InChI=1S/C21H28O5S/c1-3-16(2)13-17-9-10-20-21(15-22,26-17)14-18(25-20)11-12-27(23,24)19-7-5-4-6-8-19/h4-8,17-18,20,22H,1,9-15H2,2H3/t17?,18?,20-,21+/m0/s1. The Labute approximate surface area is 161 Å². The highest BCUT2D eigenvalue weighted by atomic mass is 32.2. The fourth-order valence-electron chi connectivity index (χ4n) is 4.07. The van der Waals surface area contributed by atoms with Crippen LogP contribution in [0.2, 0.25) is 0 Å². The van der Waals surface area contributed by atoms with Gasteiger partial charge < -0.3 is 14.6 Å². The Kier molecular flexibility index (Phi) is 6.24. The molecule has 0 radical (unpaired) electrons. The van der Waals surface area contributed by atoms with Gasteiger partial charge in [-0.05, 0) is 43.9 Å². The fourth-order valence-corrected chi connectivity index (χ4v) is 5.45. The van der Waals surface area contributed by atoms with Crippen molar-refractivity contribution in [1.29, 1.82) is 0 Å². The molecular weight excluding hydrogens is 364 g/mol. The number of aliphatic hydroxyl groups excluding tert-OH is 1. The number of aliphatic hydroxyl groups is 1. The number of fused-ring (bicyclic) bond motifs is 1. The topological polar surface area (TPSA) is 72.8 Å². The summed E-state index contributed by atoms with van der Waals surface area (Å²) in [5, 5.41) is 10.0. The molecule has 0 aromatic heterocycles. The van der Waals surface area contributed by atoms with Crippen LogP contribution in [-0.2, 0) is 19.3 Å². The summed E-state index contributed by atoms with van der Waals surface area (Å²) in [4.78, 5) is 0.334. The lowest BCUT2D eigenvalue weighted by atomic mass is 9.86. The monoisotopic (exact) mass is 392 g/mol. The zero-order valence-corrected chi connectivity index (χ0v) is 16.6. The first kappa shape index (κ1) is 20.3. The summed E-state index contributed by atoms with van der Waals surface area (Å²) in [6.45, 7) is 5.52. The summed E-state index contributed by atoms with van der Waals surface area (Å²) in [5.41, 5.74) is 3.20. The molecule has 3 rings (SSSR count). The normalized spacial score (nSPS) is 30.5. The van der Waals surface area contributed by atoms with Crippen molar-refractivity contribution in [2.24, 2.45) is 0 Å². The molecule has 0 bridgehead atoms. The molecule has 0 aliphatic carbocycles. The van der Waals surface area contributed by atoms with Crippen LogP contribution in [0.25, 0.3) is 0 Å². The molecule has 148 valence electrons. The first-order valence-corrected chi connectivity index (χ1v) is 11.1. The lowest BCUT2D eigenvalue weighted by Crippen LogP contribution is -2.51. The smallest absolute Gasteiger partial charge is 0.178 e. The second-order valence-electron chi connectivity index (χ2n) is 7.57. The van der Waals surface area contributed by atoms with E-state index < -0.39 is 15.4 Å². The molecule has 1 N–H and O–H groups in total. The maximum atomic E-state index is 12.5. The van der Waals surface area contributed by atoms with Crippen LogP contribution >= 0.6 is 0 Å². The van der Waals surface area contributed by atoms with Crippen molar-refractivity contribution in [2.45, 2.75) is 67.8 Å². The summed E-state index contributed by atoms with van der Waals surface area (Å²) in [5.74, 6) is 0.0254. The van der Waals surface area contributed by atoms with E-state index in [9.17, 15) is 13.5 Å². The molecule has 2 fully saturated rings. The molecule has 2 unspecified atom stereocenters. The predicted molar refractivity (Wildman–Crippen MR) is 103 cm³/mol. The average molecular weight is 393 g/mol. The van der Waals surface area contributed by atoms with Crippen LogP contribution in [0.5, 0.6) is 0 Å². The highest BCUT2D eigenvalue weighted by Crippen LogP contribution is 2.43. The Bertz CT molecular complexity index is 797. The number of rotatable bonds is 7. The maximum absolute atomic E-state index is 12.5. The minimum atomic E-state index is -3.34. The number of benzene rings is 1. The van der Waals surface area contributed by atoms with Gasteiger partial charge in [0.2, 0.25) is 0 Å². The summed E-state index contributed by atoms with van der Waals surface area (Å²) in [6, 6.07) is 8.47. The van der Waals surface area contributed by atoms with Gasteiger partial charge in [-0.25, -0.2) is 8.42 Å². The van der Waals surface area contributed by atoms with E-state index in [-0.39, 0.29) is 30.7 Å². The summed E-state index contributed by atoms with van der Waals surface area (Å²) >= 11 is 0. The van der Waals surface area contributed by atoms with Crippen LogP contribution in [0, 0.1) is 0 Å². The van der Waals surface area contributed by atoms with Crippen LogP contribution in [-0.4, -0.2) is 49.8 Å². The van der Waals surface area contributed by atoms with E-state index >= 15 is 0 Å². The van der Waals surface area contributed by atoms with E-state index in [1.807, 2.05) is 6.92 Å². The van der Waals surface area contributed by atoms with Crippen molar-refractivity contribution in [2.75, 3.05) is 12.4 Å². The predicted octanol–water partition coefficient (Wildman–Crippen LogP) is 3.04. The van der Waals surface area contributed by atoms with Crippen LogP contribution in [0.15, 0.2) is 53.1 Å². The molecule has 4 atom stereocenters. The Morgan fingerprint density at radius 3 is 2.70 bits per heavy atom. The minimum absolute atomic E-state index is 0.0121. The van der Waals surface area contributed by atoms with Crippen molar-refractivity contribution >= 4 is 9.84 Å². The van der Waals surface area contributed by atoms with Crippen LogP contribution in [0.1, 0.15) is 39.0 Å². The van der Waals surface area contributed by atoms with Crippen molar-refractivity contribution in [3.05, 3.63) is 48.2 Å². The SMILES string of the molecule is C=C=C(C)CC1CC[C@@H]2OC(CCS(=O)(=O)c3ccccc3)C[C@]2(CO)O1. The van der Waals surface area contributed by atoms with Gasteiger partial charge in [0.1, 0.15) is 5.60 Å². The second kappa shape index (κ2) is 8.29. The summed E-state index contributed by atoms with van der Waals surface area (Å²) < 4.78 is 37.4. The lowest BCUT2D eigenvalue weighted by Gasteiger charge is -2.41. The molecule has 1 aromatic carbocycles. The van der Waals surface area contributed by atoms with Gasteiger partial charge in [0.05, 0.1) is 35.6 Å². The molecule has 0 spiro atoms. The highest BCUT2D eigenvalue weighted by molar-refractivity contribution is 7.91. The van der Waals surface area contributed by atoms with Crippen molar-refractivity contribution < 1.29 is 23.0 Å². The number of hydrogen-bond acceptors (Lipinski definition) is 5. The third-order valence-electron chi connectivity index (χ3n) is 5.58. The number of sulfone groups is 1. The highest BCUT2D eigenvalue weighted by Gasteiger charge is 2.52. The molecule has 1 aromatic rings. The van der Waals surface area contributed by atoms with Gasteiger partial charge in [-0.1, -0.05) is 24.8 Å². The third kappa shape index (κ3) is 4.53. The average Bonchev–Trinajstić information content (AvgIpc) is 3.05. The minimum Gasteiger partial charge on any atom is -0.393 e. The molecule has 27 heavy (non-hydrogen) atoms. The van der Waals surface area contributed by atoms with Crippen LogP contribution < -0.4 is 0 Å². The Hall–Kier alpha value is -1.43. The molecule has 2 heterocycles. The molecule has 2 aliphatic rings. The quantitative estimate of drug-likeness (QED) is 0.722. The second-order valence-corrected chi connectivity index (χ2v) is 9.68. The van der Waals surface area contributed by atoms with Gasteiger partial charge in [0.25, 0.3) is 0 Å². The van der Waals surface area contributed by atoms with Gasteiger partial charge in [-0.3, -0.25) is 0 Å². The van der Waals surface area contributed by atoms with E-state index in [0.717, 1.165) is 24.8 Å². The zero-order chi connectivity index (χ0) is 19.5. The van der Waals surface area contributed by atoms with Gasteiger partial charge in [0, 0.05) is 12.8 Å². The molecule has 0 saturated carbocycles. The van der Waals surface area contributed by atoms with Crippen molar-refractivity contribution in [1.82, 2.24) is 0 Å². The number of hydrogen-bond donors (Lipinski definition) is 1. The van der Waals surface area contributed by atoms with E-state index in [1.54, 1.807) is 30.3 Å². The van der Waals surface area contributed by atoms with E-state index in [4.69, 9.17) is 9.47 Å². The summed E-state index contributed by atoms with van der Waals surface area (Å²) in [7, 11) is -3.34. The molecule has 6 heteroatoms. The van der Waals surface area contributed by atoms with Gasteiger partial charge in [-0.2, -0.15) is 0 Å². The Balaban J connectivity index is 1.63. The third-order valence-corrected chi connectivity index (χ3v) is 7.35. The largest absolute Gasteiger partial charge is 0.393 e. The Morgan fingerprint density at radius 2 is 2.04 bits per heavy atom. The van der Waals surface area contributed by atoms with Gasteiger partial charge >= 0.3 is 0 Å². The summed E-state index contributed by atoms with van der Waals surface area (Å²) in [6.07, 6.45) is 2.91.